The molecule has 0 radical (unpaired) electrons. The van der Waals surface area contributed by atoms with E-state index >= 15 is 0 Å². The minimum atomic E-state index is -0.282. The average Bonchev–Trinajstić information content (AvgIpc) is 3.58. The van der Waals surface area contributed by atoms with E-state index < -0.39 is 0 Å². The molecular formula is C24H19N7O. The van der Waals surface area contributed by atoms with E-state index in [0.29, 0.717) is 17.0 Å². The van der Waals surface area contributed by atoms with Crippen molar-refractivity contribution in [3.63, 3.8) is 0 Å². The summed E-state index contributed by atoms with van der Waals surface area (Å²) in [5, 5.41) is 14.4. The zero-order valence-electron chi connectivity index (χ0n) is 17.1. The number of carbonyl (C=O) groups is 1. The summed E-state index contributed by atoms with van der Waals surface area (Å²) >= 11 is 0. The van der Waals surface area contributed by atoms with Crippen LogP contribution in [0.5, 0.6) is 0 Å². The Morgan fingerprint density at radius 3 is 2.44 bits per heavy atom. The van der Waals surface area contributed by atoms with Gasteiger partial charge in [0.1, 0.15) is 5.82 Å². The van der Waals surface area contributed by atoms with Crippen LogP contribution in [0.25, 0.3) is 16.9 Å². The molecule has 0 fully saturated rings. The lowest BCUT2D eigenvalue weighted by Crippen LogP contribution is -2.17. The fourth-order valence-electron chi connectivity index (χ4n) is 4.04. The molecule has 0 aliphatic carbocycles. The van der Waals surface area contributed by atoms with Crippen molar-refractivity contribution >= 4 is 23.1 Å². The molecule has 0 unspecified atom stereocenters. The maximum atomic E-state index is 12.8. The van der Waals surface area contributed by atoms with Gasteiger partial charge in [0.25, 0.3) is 5.91 Å². The van der Waals surface area contributed by atoms with Gasteiger partial charge in [-0.3, -0.25) is 9.89 Å². The van der Waals surface area contributed by atoms with Gasteiger partial charge < -0.3 is 10.2 Å². The summed E-state index contributed by atoms with van der Waals surface area (Å²) in [4.78, 5) is 19.9. The first kappa shape index (κ1) is 18.3. The Morgan fingerprint density at radius 2 is 1.72 bits per heavy atom. The second-order valence-corrected chi connectivity index (χ2v) is 7.73. The third-order valence-electron chi connectivity index (χ3n) is 5.64. The van der Waals surface area contributed by atoms with E-state index in [-0.39, 0.29) is 5.91 Å². The van der Waals surface area contributed by atoms with E-state index in [0.717, 1.165) is 30.2 Å². The average molecular weight is 421 g/mol. The van der Waals surface area contributed by atoms with Gasteiger partial charge in [-0.15, -0.1) is 0 Å². The van der Waals surface area contributed by atoms with Crippen molar-refractivity contribution in [3.8, 4) is 11.3 Å². The number of amides is 1. The molecule has 0 atom stereocenters. The zero-order chi connectivity index (χ0) is 21.5. The summed E-state index contributed by atoms with van der Waals surface area (Å²) in [5.74, 6) is 0.551. The van der Waals surface area contributed by atoms with Gasteiger partial charge in [-0.2, -0.15) is 10.2 Å². The molecule has 6 rings (SSSR count). The van der Waals surface area contributed by atoms with E-state index in [2.05, 4.69) is 49.8 Å². The molecule has 32 heavy (non-hydrogen) atoms. The maximum absolute atomic E-state index is 12.8. The molecule has 3 aromatic heterocycles. The van der Waals surface area contributed by atoms with Gasteiger partial charge in [0.05, 0.1) is 11.9 Å². The summed E-state index contributed by atoms with van der Waals surface area (Å²) in [6.07, 6.45) is 3.55. The molecule has 156 valence electrons. The van der Waals surface area contributed by atoms with Crippen LogP contribution in [0.4, 0.5) is 11.5 Å². The van der Waals surface area contributed by atoms with Gasteiger partial charge in [-0.25, -0.2) is 9.50 Å². The lowest BCUT2D eigenvalue weighted by atomic mass is 10.1. The minimum Gasteiger partial charge on any atom is -0.348 e. The molecule has 2 N–H and O–H groups in total. The standard InChI is InChI=1S/C24H19N7O/c32-24(27-19-8-2-1-3-9-19)20-10-23-28-22(30-14-16-6-4-5-7-17(16)15-30)11-21(31(23)29-20)18-12-25-26-13-18/h1-13H,14-15H2,(H,25,26)(H,27,32). The van der Waals surface area contributed by atoms with Crippen molar-refractivity contribution in [3.05, 3.63) is 95.9 Å². The number of hydrogen-bond donors (Lipinski definition) is 2. The predicted octanol–water partition coefficient (Wildman–Crippen LogP) is 3.89. The Hall–Kier alpha value is -4.46. The molecule has 1 aliphatic heterocycles. The first-order chi connectivity index (χ1) is 15.7. The molecule has 0 saturated carbocycles. The topological polar surface area (TPSA) is 91.2 Å². The number of H-pyrrole nitrogens is 1. The number of aromatic nitrogens is 5. The summed E-state index contributed by atoms with van der Waals surface area (Å²) in [6, 6.07) is 21.5. The molecule has 8 heteroatoms. The number of fused-ring (bicyclic) bond motifs is 2. The number of hydrogen-bond acceptors (Lipinski definition) is 5. The van der Waals surface area contributed by atoms with E-state index in [1.165, 1.54) is 11.1 Å². The normalized spacial score (nSPS) is 12.8. The van der Waals surface area contributed by atoms with Crippen LogP contribution < -0.4 is 10.2 Å². The quantitative estimate of drug-likeness (QED) is 0.459. The van der Waals surface area contributed by atoms with Gasteiger partial charge in [0.15, 0.2) is 11.3 Å². The fraction of sp³-hybridized carbons (Fsp3) is 0.0833. The highest BCUT2D eigenvalue weighted by Crippen LogP contribution is 2.30. The number of nitrogens with one attached hydrogen (secondary N) is 2. The van der Waals surface area contributed by atoms with Crippen LogP contribution in [-0.2, 0) is 13.1 Å². The van der Waals surface area contributed by atoms with E-state index in [1.54, 1.807) is 16.8 Å². The largest absolute Gasteiger partial charge is 0.348 e. The Balaban J connectivity index is 1.41. The lowest BCUT2D eigenvalue weighted by Gasteiger charge is -2.17. The molecule has 0 saturated heterocycles. The monoisotopic (exact) mass is 421 g/mol. The number of para-hydroxylation sites is 1. The zero-order valence-corrected chi connectivity index (χ0v) is 17.1. The predicted molar refractivity (Wildman–Crippen MR) is 121 cm³/mol. The van der Waals surface area contributed by atoms with Crippen molar-refractivity contribution in [2.75, 3.05) is 10.2 Å². The number of carbonyl (C=O) groups excluding carboxylic acids is 1. The number of nitrogens with zero attached hydrogens (tertiary/aromatic N) is 5. The van der Waals surface area contributed by atoms with Gasteiger partial charge in [0.2, 0.25) is 0 Å². The SMILES string of the molecule is O=C(Nc1ccccc1)c1cc2nc(N3Cc4ccccc4C3)cc(-c3cn[nH]c3)n2n1. The van der Waals surface area contributed by atoms with E-state index in [9.17, 15) is 4.79 Å². The molecule has 1 amide bonds. The fourth-order valence-corrected chi connectivity index (χ4v) is 4.04. The van der Waals surface area contributed by atoms with Crippen molar-refractivity contribution in [1.82, 2.24) is 24.8 Å². The Labute approximate surface area is 183 Å². The number of rotatable bonds is 4. The van der Waals surface area contributed by atoms with Crippen LogP contribution >= 0.6 is 0 Å². The van der Waals surface area contributed by atoms with Crippen LogP contribution in [0.15, 0.2) is 79.1 Å². The molecule has 2 aromatic carbocycles. The third kappa shape index (κ3) is 3.18. The van der Waals surface area contributed by atoms with Crippen LogP contribution in [0.1, 0.15) is 21.6 Å². The van der Waals surface area contributed by atoms with E-state index in [1.807, 2.05) is 42.6 Å². The first-order valence-electron chi connectivity index (χ1n) is 10.3. The van der Waals surface area contributed by atoms with Crippen LogP contribution in [0.3, 0.4) is 0 Å². The highest BCUT2D eigenvalue weighted by atomic mass is 16.1. The number of aromatic amines is 1. The Bertz CT molecular complexity index is 1400. The van der Waals surface area contributed by atoms with E-state index in [4.69, 9.17) is 4.98 Å². The summed E-state index contributed by atoms with van der Waals surface area (Å²) in [5.41, 5.74) is 5.90. The Kier molecular flexibility index (Phi) is 4.21. The maximum Gasteiger partial charge on any atom is 0.276 e. The van der Waals surface area contributed by atoms with Gasteiger partial charge in [-0.1, -0.05) is 42.5 Å². The highest BCUT2D eigenvalue weighted by molar-refractivity contribution is 6.03. The summed E-state index contributed by atoms with van der Waals surface area (Å²) in [7, 11) is 0. The number of anilines is 2. The molecule has 0 spiro atoms. The molecule has 1 aliphatic rings. The lowest BCUT2D eigenvalue weighted by molar-refractivity contribution is 0.102. The second-order valence-electron chi connectivity index (χ2n) is 7.73. The van der Waals surface area contributed by atoms with Crippen molar-refractivity contribution < 1.29 is 4.79 Å². The minimum absolute atomic E-state index is 0.282. The van der Waals surface area contributed by atoms with Crippen molar-refractivity contribution in [2.24, 2.45) is 0 Å². The third-order valence-corrected chi connectivity index (χ3v) is 5.64. The smallest absolute Gasteiger partial charge is 0.276 e. The van der Waals surface area contributed by atoms with Gasteiger partial charge in [-0.05, 0) is 23.3 Å². The van der Waals surface area contributed by atoms with Crippen LogP contribution in [-0.4, -0.2) is 30.7 Å². The Morgan fingerprint density at radius 1 is 0.969 bits per heavy atom. The van der Waals surface area contributed by atoms with Crippen molar-refractivity contribution in [2.45, 2.75) is 13.1 Å². The molecular weight excluding hydrogens is 402 g/mol. The van der Waals surface area contributed by atoms with Gasteiger partial charge in [0, 0.05) is 42.7 Å². The second kappa shape index (κ2) is 7.35. The first-order valence-corrected chi connectivity index (χ1v) is 10.3. The van der Waals surface area contributed by atoms with Gasteiger partial charge >= 0.3 is 0 Å². The summed E-state index contributed by atoms with van der Waals surface area (Å²) in [6.45, 7) is 1.58. The van der Waals surface area contributed by atoms with Crippen molar-refractivity contribution in [1.29, 1.82) is 0 Å². The summed E-state index contributed by atoms with van der Waals surface area (Å²) < 4.78 is 1.69. The van der Waals surface area contributed by atoms with Crippen LogP contribution in [0, 0.1) is 0 Å². The highest BCUT2D eigenvalue weighted by Gasteiger charge is 2.23. The number of benzene rings is 2. The molecule has 4 heterocycles. The molecule has 0 bridgehead atoms. The molecule has 5 aromatic rings. The van der Waals surface area contributed by atoms with Crippen LogP contribution in [0.2, 0.25) is 0 Å². The molecule has 8 nitrogen and oxygen atoms in total.